The normalized spacial score (nSPS) is 27.1. The Labute approximate surface area is 143 Å². The molecule has 1 unspecified atom stereocenters. The average molecular weight is 378 g/mol. The molecule has 11 heteroatoms. The topological polar surface area (TPSA) is 140 Å². The van der Waals surface area contributed by atoms with Crippen LogP contribution >= 0.6 is 7.60 Å². The molecule has 1 fully saturated rings. The van der Waals surface area contributed by atoms with Crippen LogP contribution in [0.5, 0.6) is 0 Å². The van der Waals surface area contributed by atoms with E-state index in [4.69, 9.17) is 24.0 Å². The van der Waals surface area contributed by atoms with Gasteiger partial charge < -0.3 is 24.0 Å². The Balaban J connectivity index is 2.32. The molecule has 1 aromatic heterocycles. The van der Waals surface area contributed by atoms with Gasteiger partial charge in [-0.25, -0.2) is 4.79 Å². The molecule has 3 N–H and O–H groups in total. The van der Waals surface area contributed by atoms with Crippen molar-refractivity contribution in [3.8, 4) is 0 Å². The maximum atomic E-state index is 12.0. The van der Waals surface area contributed by atoms with Gasteiger partial charge in [-0.3, -0.25) is 18.9 Å². The number of ether oxygens (including phenoxy) is 3. The molecule has 1 aromatic rings. The zero-order valence-electron chi connectivity index (χ0n) is 14.2. The van der Waals surface area contributed by atoms with Gasteiger partial charge in [-0.05, 0) is 20.3 Å². The van der Waals surface area contributed by atoms with Crippen LogP contribution in [0, 0.1) is 0 Å². The largest absolute Gasteiger partial charge is 0.374 e. The Morgan fingerprint density at radius 2 is 2.04 bits per heavy atom. The van der Waals surface area contributed by atoms with E-state index in [1.165, 1.54) is 23.9 Å². The summed E-state index contributed by atoms with van der Waals surface area (Å²) in [7, 11) is -2.78. The number of nitrogens with one attached hydrogen (secondary N) is 1. The fraction of sp³-hybridized carbons (Fsp3) is 0.714. The second-order valence-corrected chi connectivity index (χ2v) is 7.89. The van der Waals surface area contributed by atoms with Crippen molar-refractivity contribution in [3.05, 3.63) is 33.1 Å². The van der Waals surface area contributed by atoms with Crippen LogP contribution < -0.4 is 11.2 Å². The minimum absolute atomic E-state index is 0.0378. The van der Waals surface area contributed by atoms with Crippen LogP contribution in [0.15, 0.2) is 21.9 Å². The first-order chi connectivity index (χ1) is 11.6. The zero-order chi connectivity index (χ0) is 18.8. The summed E-state index contributed by atoms with van der Waals surface area (Å²) < 4.78 is 29.4. The molecule has 4 atom stereocenters. The molecule has 2 rings (SSSR count). The summed E-state index contributed by atoms with van der Waals surface area (Å²) in [6.45, 7) is 3.62. The van der Waals surface area contributed by atoms with Gasteiger partial charge in [0.15, 0.2) is 6.23 Å². The van der Waals surface area contributed by atoms with E-state index in [0.717, 1.165) is 0 Å². The highest BCUT2D eigenvalue weighted by Gasteiger charge is 2.47. The molecule has 0 saturated carbocycles. The third kappa shape index (κ3) is 5.10. The van der Waals surface area contributed by atoms with Crippen LogP contribution in [0.3, 0.4) is 0 Å². The summed E-state index contributed by atoms with van der Waals surface area (Å²) in [5.74, 6) is 0. The fourth-order valence-corrected chi connectivity index (χ4v) is 3.41. The zero-order valence-corrected chi connectivity index (χ0v) is 15.1. The Bertz CT molecular complexity index is 739. The van der Waals surface area contributed by atoms with Gasteiger partial charge in [0, 0.05) is 19.4 Å². The molecule has 2 heterocycles. The van der Waals surface area contributed by atoms with Crippen molar-refractivity contribution in [2.75, 3.05) is 13.3 Å². The van der Waals surface area contributed by atoms with Gasteiger partial charge >= 0.3 is 13.3 Å². The lowest BCUT2D eigenvalue weighted by atomic mass is 10.1. The highest BCUT2D eigenvalue weighted by atomic mass is 31.2. The number of aromatic amines is 1. The molecule has 10 nitrogen and oxygen atoms in total. The van der Waals surface area contributed by atoms with Crippen molar-refractivity contribution in [1.82, 2.24) is 9.55 Å². The second-order valence-electron chi connectivity index (χ2n) is 6.11. The van der Waals surface area contributed by atoms with Gasteiger partial charge in [-0.15, -0.1) is 0 Å². The molecular weight excluding hydrogens is 355 g/mol. The molecular formula is C14H23N2O8P. The molecule has 0 radical (unpaired) electrons. The van der Waals surface area contributed by atoms with E-state index in [1.54, 1.807) is 0 Å². The molecule has 1 aliphatic rings. The predicted octanol–water partition coefficient (Wildman–Crippen LogP) is -0.190. The van der Waals surface area contributed by atoms with E-state index >= 15 is 0 Å². The lowest BCUT2D eigenvalue weighted by Crippen LogP contribution is -2.40. The van der Waals surface area contributed by atoms with Crippen molar-refractivity contribution in [1.29, 1.82) is 0 Å². The molecule has 1 saturated heterocycles. The first-order valence-corrected chi connectivity index (χ1v) is 9.62. The molecule has 0 amide bonds. The molecule has 25 heavy (non-hydrogen) atoms. The summed E-state index contributed by atoms with van der Waals surface area (Å²) in [6, 6.07) is 1.18. The van der Waals surface area contributed by atoms with Gasteiger partial charge in [0.05, 0.1) is 18.4 Å². The highest BCUT2D eigenvalue weighted by molar-refractivity contribution is 7.51. The van der Waals surface area contributed by atoms with Crippen molar-refractivity contribution >= 4 is 7.60 Å². The number of aromatic nitrogens is 2. The number of hydrogen-bond acceptors (Lipinski definition) is 6. The van der Waals surface area contributed by atoms with E-state index in [9.17, 15) is 14.2 Å². The van der Waals surface area contributed by atoms with Crippen LogP contribution in [0.25, 0.3) is 0 Å². The summed E-state index contributed by atoms with van der Waals surface area (Å²) in [4.78, 5) is 43.7. The maximum absolute atomic E-state index is 12.0. The smallest absolute Gasteiger partial charge is 0.330 e. The number of H-pyrrole nitrogens is 1. The SMILES string of the molecule is COC1[C@@H](OC(C)C)[C@@H](CCP(=O)(O)O)O[C@H]1n1ccc(=O)[nH]c1=O. The Morgan fingerprint density at radius 3 is 2.56 bits per heavy atom. The Kier molecular flexibility index (Phi) is 6.36. The number of nitrogens with zero attached hydrogens (tertiary/aromatic N) is 1. The molecule has 0 bridgehead atoms. The van der Waals surface area contributed by atoms with Crippen LogP contribution in [0.2, 0.25) is 0 Å². The lowest BCUT2D eigenvalue weighted by molar-refractivity contribution is -0.0791. The summed E-state index contributed by atoms with van der Waals surface area (Å²) in [5, 5.41) is 0. The number of hydrogen-bond donors (Lipinski definition) is 3. The van der Waals surface area contributed by atoms with Crippen LogP contribution in [-0.4, -0.2) is 57.0 Å². The van der Waals surface area contributed by atoms with Gasteiger partial charge in [0.1, 0.15) is 12.2 Å². The standard InChI is InChI=1S/C14H23N2O8P/c1-8(2)23-11-9(5-7-25(19,20)21)24-13(12(11)22-3)16-6-4-10(17)15-14(16)18/h4,6,8-9,11-13H,5,7H2,1-3H3,(H,15,17,18)(H2,19,20,21)/t9-,11+,12?,13-/m1/s1. The fourth-order valence-electron chi connectivity index (χ4n) is 2.82. The summed E-state index contributed by atoms with van der Waals surface area (Å²) in [5.41, 5.74) is -1.21. The summed E-state index contributed by atoms with van der Waals surface area (Å²) >= 11 is 0. The average Bonchev–Trinajstić information content (AvgIpc) is 2.81. The van der Waals surface area contributed by atoms with Gasteiger partial charge in [-0.2, -0.15) is 0 Å². The number of rotatable bonds is 7. The Hall–Kier alpha value is -1.29. The minimum atomic E-state index is -4.21. The molecule has 0 aliphatic carbocycles. The van der Waals surface area contributed by atoms with E-state index in [0.29, 0.717) is 0 Å². The third-order valence-electron chi connectivity index (χ3n) is 3.82. The molecule has 0 spiro atoms. The van der Waals surface area contributed by atoms with Crippen molar-refractivity contribution < 1.29 is 28.6 Å². The third-order valence-corrected chi connectivity index (χ3v) is 4.66. The van der Waals surface area contributed by atoms with Crippen molar-refractivity contribution in [3.63, 3.8) is 0 Å². The predicted molar refractivity (Wildman–Crippen MR) is 87.6 cm³/mol. The quantitative estimate of drug-likeness (QED) is 0.555. The summed E-state index contributed by atoms with van der Waals surface area (Å²) in [6.07, 6.45) is -2.11. The molecule has 1 aliphatic heterocycles. The number of methoxy groups -OCH3 is 1. The van der Waals surface area contributed by atoms with E-state index < -0.39 is 43.4 Å². The van der Waals surface area contributed by atoms with Crippen LogP contribution in [0.1, 0.15) is 26.5 Å². The highest BCUT2D eigenvalue weighted by Crippen LogP contribution is 2.40. The van der Waals surface area contributed by atoms with Gasteiger partial charge in [0.25, 0.3) is 5.56 Å². The first kappa shape index (κ1) is 20.0. The second kappa shape index (κ2) is 7.94. The van der Waals surface area contributed by atoms with Gasteiger partial charge in [-0.1, -0.05) is 0 Å². The first-order valence-electron chi connectivity index (χ1n) is 7.82. The Morgan fingerprint density at radius 1 is 1.36 bits per heavy atom. The van der Waals surface area contributed by atoms with Gasteiger partial charge in [0.2, 0.25) is 0 Å². The monoisotopic (exact) mass is 378 g/mol. The van der Waals surface area contributed by atoms with Crippen LogP contribution in [0.4, 0.5) is 0 Å². The van der Waals surface area contributed by atoms with Crippen molar-refractivity contribution in [2.45, 2.75) is 50.9 Å². The van der Waals surface area contributed by atoms with Crippen molar-refractivity contribution in [2.24, 2.45) is 0 Å². The maximum Gasteiger partial charge on any atom is 0.330 e. The minimum Gasteiger partial charge on any atom is -0.374 e. The van der Waals surface area contributed by atoms with E-state index in [-0.39, 0.29) is 18.7 Å². The molecule has 0 aromatic carbocycles. The van der Waals surface area contributed by atoms with E-state index in [2.05, 4.69) is 4.98 Å². The lowest BCUT2D eigenvalue weighted by Gasteiger charge is -2.25. The van der Waals surface area contributed by atoms with Crippen LogP contribution in [-0.2, 0) is 18.8 Å². The van der Waals surface area contributed by atoms with E-state index in [1.807, 2.05) is 13.8 Å². The molecule has 142 valence electrons.